The predicted octanol–water partition coefficient (Wildman–Crippen LogP) is 2.42. The van der Waals surface area contributed by atoms with Crippen LogP contribution in [0.2, 0.25) is 0 Å². The van der Waals surface area contributed by atoms with Gasteiger partial charge < -0.3 is 10.6 Å². The van der Waals surface area contributed by atoms with Crippen LogP contribution in [0.3, 0.4) is 0 Å². The monoisotopic (exact) mass is 254 g/mol. The van der Waals surface area contributed by atoms with Crippen LogP contribution in [0.15, 0.2) is 12.1 Å². The first-order valence-electron chi connectivity index (χ1n) is 5.93. The molecule has 0 spiro atoms. The van der Waals surface area contributed by atoms with Gasteiger partial charge >= 0.3 is 0 Å². The lowest BCUT2D eigenvalue weighted by Gasteiger charge is -2.25. The van der Waals surface area contributed by atoms with Gasteiger partial charge in [0.2, 0.25) is 0 Å². The van der Waals surface area contributed by atoms with Crippen molar-refractivity contribution in [1.29, 1.82) is 0 Å². The van der Waals surface area contributed by atoms with E-state index in [2.05, 4.69) is 0 Å². The number of carbonyl (C=O) groups excluding carboxylic acids is 1. The molecule has 1 atom stereocenters. The highest BCUT2D eigenvalue weighted by molar-refractivity contribution is 5.95. The Morgan fingerprint density at radius 2 is 2.06 bits per heavy atom. The van der Waals surface area contributed by atoms with Gasteiger partial charge in [0, 0.05) is 13.1 Å². The molecule has 0 saturated heterocycles. The summed E-state index contributed by atoms with van der Waals surface area (Å²) in [5.41, 5.74) is 4.68. The molecule has 1 aliphatic rings. The Balaban J connectivity index is 2.27. The van der Waals surface area contributed by atoms with Crippen molar-refractivity contribution in [2.45, 2.75) is 25.8 Å². The molecule has 0 heterocycles. The average molecular weight is 254 g/mol. The van der Waals surface area contributed by atoms with Gasteiger partial charge in [-0.1, -0.05) is 0 Å². The van der Waals surface area contributed by atoms with Crippen molar-refractivity contribution in [3.05, 3.63) is 29.3 Å². The van der Waals surface area contributed by atoms with Gasteiger partial charge in [-0.2, -0.15) is 0 Å². The van der Waals surface area contributed by atoms with Crippen LogP contribution >= 0.6 is 0 Å². The fourth-order valence-corrected chi connectivity index (χ4v) is 2.04. The van der Waals surface area contributed by atoms with E-state index in [0.29, 0.717) is 5.92 Å². The highest BCUT2D eigenvalue weighted by Crippen LogP contribution is 2.35. The van der Waals surface area contributed by atoms with E-state index in [1.54, 1.807) is 7.05 Å². The smallest absolute Gasteiger partial charge is 0.257 e. The largest absolute Gasteiger partial charge is 0.396 e. The summed E-state index contributed by atoms with van der Waals surface area (Å²) in [5.74, 6) is -1.62. The fraction of sp³-hybridized carbons (Fsp3) is 0.462. The maximum Gasteiger partial charge on any atom is 0.257 e. The normalized spacial score (nSPS) is 16.4. The summed E-state index contributed by atoms with van der Waals surface area (Å²) in [4.78, 5) is 13.6. The summed E-state index contributed by atoms with van der Waals surface area (Å²) in [7, 11) is 1.60. The molecule has 1 amide bonds. The number of anilines is 1. The molecule has 1 unspecified atom stereocenters. The Labute approximate surface area is 105 Å². The van der Waals surface area contributed by atoms with E-state index >= 15 is 0 Å². The second kappa shape index (κ2) is 4.55. The zero-order valence-electron chi connectivity index (χ0n) is 10.4. The lowest BCUT2D eigenvalue weighted by atomic mass is 10.1. The lowest BCUT2D eigenvalue weighted by molar-refractivity contribution is 0.0722. The van der Waals surface area contributed by atoms with Crippen LogP contribution in [0.5, 0.6) is 0 Å². The number of benzene rings is 1. The molecule has 5 heteroatoms. The maximum atomic E-state index is 13.7. The Hall–Kier alpha value is -1.65. The zero-order valence-corrected chi connectivity index (χ0v) is 10.4. The standard InChI is InChI=1S/C13H16F2N2O/c1-7(8-3-4-8)17(2)13(18)10-5-9(14)6-11(16)12(10)15/h5-8H,3-4,16H2,1-2H3. The van der Waals surface area contributed by atoms with E-state index < -0.39 is 17.5 Å². The zero-order chi connectivity index (χ0) is 13.4. The van der Waals surface area contributed by atoms with Crippen molar-refractivity contribution >= 4 is 11.6 Å². The molecule has 98 valence electrons. The van der Waals surface area contributed by atoms with Crippen molar-refractivity contribution in [2.75, 3.05) is 12.8 Å². The third kappa shape index (κ3) is 2.30. The van der Waals surface area contributed by atoms with Crippen molar-refractivity contribution in [3.8, 4) is 0 Å². The predicted molar refractivity (Wildman–Crippen MR) is 65.0 cm³/mol. The molecule has 0 radical (unpaired) electrons. The Bertz CT molecular complexity index is 486. The van der Waals surface area contributed by atoms with Crippen molar-refractivity contribution < 1.29 is 13.6 Å². The van der Waals surface area contributed by atoms with E-state index in [-0.39, 0.29) is 17.3 Å². The summed E-state index contributed by atoms with van der Waals surface area (Å²) in [5, 5.41) is 0. The molecule has 2 rings (SSSR count). The third-order valence-corrected chi connectivity index (χ3v) is 3.53. The minimum Gasteiger partial charge on any atom is -0.396 e. The quantitative estimate of drug-likeness (QED) is 0.842. The lowest BCUT2D eigenvalue weighted by Crippen LogP contribution is -2.37. The molecule has 18 heavy (non-hydrogen) atoms. The first-order chi connectivity index (χ1) is 8.41. The molecule has 1 aromatic rings. The Morgan fingerprint density at radius 1 is 1.44 bits per heavy atom. The summed E-state index contributed by atoms with van der Waals surface area (Å²) >= 11 is 0. The third-order valence-electron chi connectivity index (χ3n) is 3.53. The van der Waals surface area contributed by atoms with Gasteiger partial charge in [-0.15, -0.1) is 0 Å². The molecule has 2 N–H and O–H groups in total. The van der Waals surface area contributed by atoms with E-state index in [0.717, 1.165) is 25.0 Å². The van der Waals surface area contributed by atoms with Crippen molar-refractivity contribution in [3.63, 3.8) is 0 Å². The van der Waals surface area contributed by atoms with Crippen molar-refractivity contribution in [2.24, 2.45) is 5.92 Å². The number of nitrogens with zero attached hydrogens (tertiary/aromatic N) is 1. The second-order valence-corrected chi connectivity index (χ2v) is 4.85. The molecule has 0 aliphatic heterocycles. The van der Waals surface area contributed by atoms with Gasteiger partial charge in [0.1, 0.15) is 5.82 Å². The maximum absolute atomic E-state index is 13.7. The van der Waals surface area contributed by atoms with Gasteiger partial charge in [-0.3, -0.25) is 4.79 Å². The number of halogens is 2. The van der Waals surface area contributed by atoms with E-state index in [9.17, 15) is 13.6 Å². The summed E-state index contributed by atoms with van der Waals surface area (Å²) in [6, 6.07) is 1.79. The minimum absolute atomic E-state index is 0.0291. The number of hydrogen-bond donors (Lipinski definition) is 1. The molecule has 0 aromatic heterocycles. The minimum atomic E-state index is -0.851. The van der Waals surface area contributed by atoms with E-state index in [4.69, 9.17) is 5.73 Å². The number of amides is 1. The fourth-order valence-electron chi connectivity index (χ4n) is 2.04. The van der Waals surface area contributed by atoms with Crippen LogP contribution < -0.4 is 5.73 Å². The molecule has 1 aliphatic carbocycles. The van der Waals surface area contributed by atoms with E-state index in [1.807, 2.05) is 6.92 Å². The van der Waals surface area contributed by atoms with Gasteiger partial charge in [0.05, 0.1) is 11.3 Å². The van der Waals surface area contributed by atoms with Crippen LogP contribution in [-0.4, -0.2) is 23.9 Å². The summed E-state index contributed by atoms with van der Waals surface area (Å²) in [6.45, 7) is 1.91. The van der Waals surface area contributed by atoms with Crippen LogP contribution in [-0.2, 0) is 0 Å². The molecule has 1 saturated carbocycles. The topological polar surface area (TPSA) is 46.3 Å². The number of hydrogen-bond acceptors (Lipinski definition) is 2. The van der Waals surface area contributed by atoms with Crippen molar-refractivity contribution in [1.82, 2.24) is 4.90 Å². The number of nitrogen functional groups attached to an aromatic ring is 1. The first-order valence-corrected chi connectivity index (χ1v) is 5.93. The first kappa shape index (κ1) is 12.8. The van der Waals surface area contributed by atoms with Gasteiger partial charge in [0.25, 0.3) is 5.91 Å². The molecular formula is C13H16F2N2O. The van der Waals surface area contributed by atoms with Gasteiger partial charge in [-0.25, -0.2) is 8.78 Å². The van der Waals surface area contributed by atoms with Gasteiger partial charge in [-0.05, 0) is 37.8 Å². The molecule has 1 aromatic carbocycles. The Morgan fingerprint density at radius 3 is 2.61 bits per heavy atom. The molecular weight excluding hydrogens is 238 g/mol. The molecule has 0 bridgehead atoms. The number of nitrogens with two attached hydrogens (primary N) is 1. The number of carbonyl (C=O) groups is 1. The highest BCUT2D eigenvalue weighted by Gasteiger charge is 2.33. The second-order valence-electron chi connectivity index (χ2n) is 4.85. The summed E-state index contributed by atoms with van der Waals surface area (Å²) < 4.78 is 26.9. The Kier molecular flexibility index (Phi) is 3.24. The van der Waals surface area contributed by atoms with Crippen LogP contribution in [0.1, 0.15) is 30.1 Å². The van der Waals surface area contributed by atoms with E-state index in [1.165, 1.54) is 4.90 Å². The SMILES string of the molecule is CC(C1CC1)N(C)C(=O)c1cc(F)cc(N)c1F. The van der Waals surface area contributed by atoms with Gasteiger partial charge in [0.15, 0.2) is 5.82 Å². The number of rotatable bonds is 3. The van der Waals surface area contributed by atoms with Crippen LogP contribution in [0.25, 0.3) is 0 Å². The van der Waals surface area contributed by atoms with Crippen LogP contribution in [0, 0.1) is 17.6 Å². The van der Waals surface area contributed by atoms with Crippen LogP contribution in [0.4, 0.5) is 14.5 Å². The summed E-state index contributed by atoms with van der Waals surface area (Å²) in [6.07, 6.45) is 2.15. The average Bonchev–Trinajstić information content (AvgIpc) is 3.15. The highest BCUT2D eigenvalue weighted by atomic mass is 19.1. The molecule has 3 nitrogen and oxygen atoms in total. The molecule has 1 fully saturated rings.